The zero-order chi connectivity index (χ0) is 12.5. The van der Waals surface area contributed by atoms with Crippen LogP contribution < -0.4 is 10.6 Å². The Kier molecular flexibility index (Phi) is 5.66. The number of amides is 2. The number of nitrogens with one attached hydrogen (secondary N) is 3. The van der Waals surface area contributed by atoms with Gasteiger partial charge >= 0.3 is 11.8 Å². The number of ether oxygens (including phenoxy) is 1. The van der Waals surface area contributed by atoms with Crippen LogP contribution in [0, 0.1) is 0 Å². The van der Waals surface area contributed by atoms with Gasteiger partial charge in [-0.3, -0.25) is 14.9 Å². The van der Waals surface area contributed by atoms with Gasteiger partial charge in [0.1, 0.15) is 6.33 Å². The average Bonchev–Trinajstić information content (AvgIpc) is 2.81. The van der Waals surface area contributed by atoms with Gasteiger partial charge in [0.2, 0.25) is 5.95 Å². The lowest BCUT2D eigenvalue weighted by Crippen LogP contribution is -2.36. The van der Waals surface area contributed by atoms with E-state index in [2.05, 4.69) is 25.8 Å². The SMILES string of the molecule is CCOCCCNC(=O)C(=O)Nc1ncn[nH]1. The fourth-order valence-electron chi connectivity index (χ4n) is 1.03. The van der Waals surface area contributed by atoms with E-state index < -0.39 is 11.8 Å². The van der Waals surface area contributed by atoms with Crippen molar-refractivity contribution < 1.29 is 14.3 Å². The molecule has 1 rings (SSSR count). The third-order valence-corrected chi connectivity index (χ3v) is 1.81. The molecule has 1 heterocycles. The van der Waals surface area contributed by atoms with Crippen LogP contribution in [0.15, 0.2) is 6.33 Å². The number of hydrogen-bond donors (Lipinski definition) is 3. The highest BCUT2D eigenvalue weighted by Crippen LogP contribution is 1.91. The zero-order valence-corrected chi connectivity index (χ0v) is 9.52. The van der Waals surface area contributed by atoms with Gasteiger partial charge in [0.25, 0.3) is 0 Å². The number of rotatable bonds is 6. The third-order valence-electron chi connectivity index (χ3n) is 1.81. The third kappa shape index (κ3) is 5.07. The van der Waals surface area contributed by atoms with Gasteiger partial charge in [-0.2, -0.15) is 10.1 Å². The summed E-state index contributed by atoms with van der Waals surface area (Å²) in [4.78, 5) is 26.2. The summed E-state index contributed by atoms with van der Waals surface area (Å²) in [5.74, 6) is -1.35. The lowest BCUT2D eigenvalue weighted by atomic mass is 10.4. The highest BCUT2D eigenvalue weighted by atomic mass is 16.5. The summed E-state index contributed by atoms with van der Waals surface area (Å²) >= 11 is 0. The molecule has 0 saturated carbocycles. The summed E-state index contributed by atoms with van der Waals surface area (Å²) < 4.78 is 5.09. The zero-order valence-electron chi connectivity index (χ0n) is 9.52. The maximum absolute atomic E-state index is 11.3. The quantitative estimate of drug-likeness (QED) is 0.450. The topological polar surface area (TPSA) is 109 Å². The van der Waals surface area contributed by atoms with Gasteiger partial charge in [-0.05, 0) is 13.3 Å². The second kappa shape index (κ2) is 7.34. The predicted octanol–water partition coefficient (Wildman–Crippen LogP) is -0.714. The van der Waals surface area contributed by atoms with E-state index in [-0.39, 0.29) is 5.95 Å². The molecule has 0 spiro atoms. The summed E-state index contributed by atoms with van der Waals surface area (Å²) in [6.45, 7) is 3.48. The monoisotopic (exact) mass is 241 g/mol. The Morgan fingerprint density at radius 3 is 2.94 bits per heavy atom. The van der Waals surface area contributed by atoms with Gasteiger partial charge in [-0.15, -0.1) is 0 Å². The molecular formula is C9H15N5O3. The minimum absolute atomic E-state index is 0.138. The second-order valence-electron chi connectivity index (χ2n) is 3.09. The number of carbonyl (C=O) groups is 2. The number of H-pyrrole nitrogens is 1. The number of aromatic amines is 1. The van der Waals surface area contributed by atoms with Crippen molar-refractivity contribution in [2.24, 2.45) is 0 Å². The molecule has 94 valence electrons. The standard InChI is InChI=1S/C9H15N5O3/c1-2-17-5-3-4-10-7(15)8(16)13-9-11-6-12-14-9/h6H,2-5H2,1H3,(H,10,15)(H2,11,12,13,14,16). The van der Waals surface area contributed by atoms with Gasteiger partial charge < -0.3 is 10.1 Å². The van der Waals surface area contributed by atoms with Gasteiger partial charge in [-0.25, -0.2) is 5.10 Å². The van der Waals surface area contributed by atoms with Crippen LogP contribution in [-0.4, -0.2) is 46.8 Å². The molecule has 2 amide bonds. The minimum atomic E-state index is -0.779. The molecule has 3 N–H and O–H groups in total. The van der Waals surface area contributed by atoms with Crippen LogP contribution in [0.1, 0.15) is 13.3 Å². The van der Waals surface area contributed by atoms with Crippen molar-refractivity contribution in [1.29, 1.82) is 0 Å². The molecule has 0 aromatic carbocycles. The number of hydrogen-bond acceptors (Lipinski definition) is 5. The van der Waals surface area contributed by atoms with Crippen molar-refractivity contribution >= 4 is 17.8 Å². The smallest absolute Gasteiger partial charge is 0.316 e. The summed E-state index contributed by atoms with van der Waals surface area (Å²) in [5, 5.41) is 10.7. The first-order valence-corrected chi connectivity index (χ1v) is 5.26. The lowest BCUT2D eigenvalue weighted by molar-refractivity contribution is -0.136. The first-order chi connectivity index (χ1) is 8.24. The highest BCUT2D eigenvalue weighted by Gasteiger charge is 2.13. The van der Waals surface area contributed by atoms with E-state index >= 15 is 0 Å². The Bertz CT molecular complexity index is 352. The van der Waals surface area contributed by atoms with Crippen LogP contribution in [0.4, 0.5) is 5.95 Å². The number of anilines is 1. The minimum Gasteiger partial charge on any atom is -0.382 e. The Balaban J connectivity index is 2.16. The summed E-state index contributed by atoms with van der Waals surface area (Å²) in [6.07, 6.45) is 1.89. The molecule has 0 unspecified atom stereocenters. The Labute approximate surface area is 98.1 Å². The molecule has 0 saturated heterocycles. The largest absolute Gasteiger partial charge is 0.382 e. The fraction of sp³-hybridized carbons (Fsp3) is 0.556. The Morgan fingerprint density at radius 2 is 2.29 bits per heavy atom. The van der Waals surface area contributed by atoms with E-state index in [1.165, 1.54) is 6.33 Å². The molecule has 1 aromatic heterocycles. The predicted molar refractivity (Wildman–Crippen MR) is 59.1 cm³/mol. The lowest BCUT2D eigenvalue weighted by Gasteiger charge is -2.04. The Morgan fingerprint density at radius 1 is 1.47 bits per heavy atom. The van der Waals surface area contributed by atoms with E-state index in [1.807, 2.05) is 6.92 Å². The first-order valence-electron chi connectivity index (χ1n) is 5.26. The van der Waals surface area contributed by atoms with Crippen molar-refractivity contribution in [3.63, 3.8) is 0 Å². The van der Waals surface area contributed by atoms with Crippen molar-refractivity contribution in [3.05, 3.63) is 6.33 Å². The van der Waals surface area contributed by atoms with E-state index in [9.17, 15) is 9.59 Å². The van der Waals surface area contributed by atoms with Gasteiger partial charge in [0.05, 0.1) is 0 Å². The van der Waals surface area contributed by atoms with Crippen LogP contribution in [0.3, 0.4) is 0 Å². The Hall–Kier alpha value is -1.96. The van der Waals surface area contributed by atoms with Gasteiger partial charge in [-0.1, -0.05) is 0 Å². The molecule has 8 nitrogen and oxygen atoms in total. The van der Waals surface area contributed by atoms with Crippen molar-refractivity contribution in [2.45, 2.75) is 13.3 Å². The first kappa shape index (κ1) is 13.1. The molecule has 0 fully saturated rings. The molecule has 0 aliphatic heterocycles. The van der Waals surface area contributed by atoms with Gasteiger partial charge in [0, 0.05) is 19.8 Å². The van der Waals surface area contributed by atoms with E-state index in [0.717, 1.165) is 0 Å². The van der Waals surface area contributed by atoms with E-state index in [0.29, 0.717) is 26.2 Å². The van der Waals surface area contributed by atoms with Crippen LogP contribution in [0.2, 0.25) is 0 Å². The number of aromatic nitrogens is 3. The molecule has 0 aliphatic rings. The molecule has 8 heteroatoms. The highest BCUT2D eigenvalue weighted by molar-refractivity contribution is 6.39. The summed E-state index contributed by atoms with van der Waals surface area (Å²) in [6, 6.07) is 0. The maximum Gasteiger partial charge on any atom is 0.316 e. The fourth-order valence-corrected chi connectivity index (χ4v) is 1.03. The molecule has 0 bridgehead atoms. The molecule has 0 radical (unpaired) electrons. The van der Waals surface area contributed by atoms with Crippen molar-refractivity contribution in [3.8, 4) is 0 Å². The van der Waals surface area contributed by atoms with Crippen LogP contribution in [-0.2, 0) is 14.3 Å². The normalized spacial score (nSPS) is 9.94. The average molecular weight is 241 g/mol. The van der Waals surface area contributed by atoms with Crippen molar-refractivity contribution in [2.75, 3.05) is 25.1 Å². The van der Waals surface area contributed by atoms with Crippen LogP contribution in [0.25, 0.3) is 0 Å². The molecular weight excluding hydrogens is 226 g/mol. The molecule has 0 atom stereocenters. The van der Waals surface area contributed by atoms with Crippen LogP contribution >= 0.6 is 0 Å². The summed E-state index contributed by atoms with van der Waals surface area (Å²) in [5.41, 5.74) is 0. The van der Waals surface area contributed by atoms with E-state index in [1.54, 1.807) is 0 Å². The molecule has 1 aromatic rings. The van der Waals surface area contributed by atoms with E-state index in [4.69, 9.17) is 4.74 Å². The van der Waals surface area contributed by atoms with Crippen LogP contribution in [0.5, 0.6) is 0 Å². The number of nitrogens with zero attached hydrogens (tertiary/aromatic N) is 2. The second-order valence-corrected chi connectivity index (χ2v) is 3.09. The van der Waals surface area contributed by atoms with Crippen molar-refractivity contribution in [1.82, 2.24) is 20.5 Å². The van der Waals surface area contributed by atoms with Gasteiger partial charge in [0.15, 0.2) is 0 Å². The molecule has 0 aliphatic carbocycles. The summed E-state index contributed by atoms with van der Waals surface area (Å²) in [7, 11) is 0. The molecule has 17 heavy (non-hydrogen) atoms. The maximum atomic E-state index is 11.3. The number of carbonyl (C=O) groups excluding carboxylic acids is 2.